The standard InChI is InChI=1S/C14H17BN2O3/c1-13(2)14(3,4)20-15(19-13)9-5-6-10-11(7-9)16-8-12(18)17-10/h5-8H,1-4H3,(H,17,18). The summed E-state index contributed by atoms with van der Waals surface area (Å²) in [6, 6.07) is 5.60. The largest absolute Gasteiger partial charge is 0.494 e. The van der Waals surface area contributed by atoms with Crippen molar-refractivity contribution in [2.24, 2.45) is 0 Å². The number of H-pyrrole nitrogens is 1. The Morgan fingerprint density at radius 1 is 1.15 bits per heavy atom. The minimum absolute atomic E-state index is 0.208. The van der Waals surface area contributed by atoms with Crippen LogP contribution in [0.1, 0.15) is 27.7 Å². The van der Waals surface area contributed by atoms with Crippen LogP contribution in [0.2, 0.25) is 0 Å². The van der Waals surface area contributed by atoms with E-state index >= 15 is 0 Å². The summed E-state index contributed by atoms with van der Waals surface area (Å²) in [6.45, 7) is 8.07. The molecule has 0 amide bonds. The Labute approximate surface area is 117 Å². The first-order valence-electron chi connectivity index (χ1n) is 6.63. The van der Waals surface area contributed by atoms with Crippen molar-refractivity contribution < 1.29 is 9.31 Å². The molecular weight excluding hydrogens is 255 g/mol. The molecule has 1 saturated heterocycles. The van der Waals surface area contributed by atoms with E-state index in [1.54, 1.807) is 0 Å². The molecule has 0 bridgehead atoms. The summed E-state index contributed by atoms with van der Waals surface area (Å²) in [5, 5.41) is 0. The Balaban J connectivity index is 2.00. The number of nitrogens with one attached hydrogen (secondary N) is 1. The third-order valence-electron chi connectivity index (χ3n) is 4.13. The van der Waals surface area contributed by atoms with Gasteiger partial charge in [0.1, 0.15) is 0 Å². The van der Waals surface area contributed by atoms with Crippen molar-refractivity contribution in [2.75, 3.05) is 0 Å². The average Bonchev–Trinajstić information content (AvgIpc) is 2.58. The average molecular weight is 272 g/mol. The quantitative estimate of drug-likeness (QED) is 0.793. The Morgan fingerprint density at radius 2 is 1.80 bits per heavy atom. The zero-order chi connectivity index (χ0) is 14.5. The lowest BCUT2D eigenvalue weighted by Crippen LogP contribution is -2.41. The fourth-order valence-corrected chi connectivity index (χ4v) is 2.18. The van der Waals surface area contributed by atoms with E-state index in [4.69, 9.17) is 9.31 Å². The molecule has 6 heteroatoms. The number of aromatic nitrogens is 2. The second-order valence-electron chi connectivity index (χ2n) is 6.11. The lowest BCUT2D eigenvalue weighted by atomic mass is 9.79. The van der Waals surface area contributed by atoms with Crippen LogP contribution < -0.4 is 11.0 Å². The first kappa shape index (κ1) is 13.3. The fraction of sp³-hybridized carbons (Fsp3) is 0.429. The molecule has 1 aliphatic rings. The third kappa shape index (κ3) is 2.05. The number of fused-ring (bicyclic) bond motifs is 1. The van der Waals surface area contributed by atoms with Gasteiger partial charge in [0.05, 0.1) is 28.4 Å². The molecule has 5 nitrogen and oxygen atoms in total. The minimum Gasteiger partial charge on any atom is -0.399 e. The molecule has 20 heavy (non-hydrogen) atoms. The van der Waals surface area contributed by atoms with Gasteiger partial charge in [-0.1, -0.05) is 6.07 Å². The minimum atomic E-state index is -0.418. The van der Waals surface area contributed by atoms with Crippen LogP contribution in [0.5, 0.6) is 0 Å². The van der Waals surface area contributed by atoms with Gasteiger partial charge in [-0.2, -0.15) is 0 Å². The highest BCUT2D eigenvalue weighted by atomic mass is 16.7. The smallest absolute Gasteiger partial charge is 0.399 e. The summed E-state index contributed by atoms with van der Waals surface area (Å²) in [5.74, 6) is 0. The van der Waals surface area contributed by atoms with Gasteiger partial charge in [-0.25, -0.2) is 4.98 Å². The maximum atomic E-state index is 11.2. The Morgan fingerprint density at radius 3 is 2.45 bits per heavy atom. The summed E-state index contributed by atoms with van der Waals surface area (Å²) < 4.78 is 12.0. The van der Waals surface area contributed by atoms with E-state index in [9.17, 15) is 4.79 Å². The predicted octanol–water partition coefficient (Wildman–Crippen LogP) is 1.22. The molecular formula is C14H17BN2O3. The molecule has 0 aliphatic carbocycles. The number of rotatable bonds is 1. The monoisotopic (exact) mass is 272 g/mol. The molecule has 1 aromatic carbocycles. The second-order valence-corrected chi connectivity index (χ2v) is 6.11. The van der Waals surface area contributed by atoms with E-state index in [0.717, 1.165) is 11.0 Å². The zero-order valence-electron chi connectivity index (χ0n) is 12.1. The van der Waals surface area contributed by atoms with Crippen molar-refractivity contribution in [1.29, 1.82) is 0 Å². The van der Waals surface area contributed by atoms with Gasteiger partial charge in [-0.3, -0.25) is 4.79 Å². The van der Waals surface area contributed by atoms with E-state index in [1.807, 2.05) is 45.9 Å². The van der Waals surface area contributed by atoms with Crippen molar-refractivity contribution in [3.8, 4) is 0 Å². The van der Waals surface area contributed by atoms with E-state index in [-0.39, 0.29) is 16.8 Å². The second kappa shape index (κ2) is 4.17. The van der Waals surface area contributed by atoms with Crippen LogP contribution in [-0.4, -0.2) is 28.3 Å². The number of hydrogen-bond donors (Lipinski definition) is 1. The summed E-state index contributed by atoms with van der Waals surface area (Å²) >= 11 is 0. The van der Waals surface area contributed by atoms with E-state index in [2.05, 4.69) is 9.97 Å². The van der Waals surface area contributed by atoms with Crippen LogP contribution >= 0.6 is 0 Å². The molecule has 104 valence electrons. The maximum Gasteiger partial charge on any atom is 0.494 e. The highest BCUT2D eigenvalue weighted by Gasteiger charge is 2.51. The molecule has 1 fully saturated rings. The van der Waals surface area contributed by atoms with Gasteiger partial charge in [0, 0.05) is 0 Å². The highest BCUT2D eigenvalue weighted by molar-refractivity contribution is 6.62. The maximum absolute atomic E-state index is 11.2. The van der Waals surface area contributed by atoms with Crippen LogP contribution in [0.15, 0.2) is 29.2 Å². The Kier molecular flexibility index (Phi) is 2.78. The van der Waals surface area contributed by atoms with Gasteiger partial charge < -0.3 is 14.3 Å². The molecule has 0 unspecified atom stereocenters. The molecule has 2 aromatic rings. The normalized spacial score (nSPS) is 20.5. The van der Waals surface area contributed by atoms with Gasteiger partial charge in [0.2, 0.25) is 0 Å². The van der Waals surface area contributed by atoms with Crippen molar-refractivity contribution >= 4 is 23.6 Å². The molecule has 1 aromatic heterocycles. The van der Waals surface area contributed by atoms with E-state index < -0.39 is 7.12 Å². The molecule has 0 spiro atoms. The van der Waals surface area contributed by atoms with Gasteiger partial charge in [0.15, 0.2) is 0 Å². The third-order valence-corrected chi connectivity index (χ3v) is 4.13. The topological polar surface area (TPSA) is 64.2 Å². The van der Waals surface area contributed by atoms with Crippen molar-refractivity contribution in [3.63, 3.8) is 0 Å². The van der Waals surface area contributed by atoms with Crippen molar-refractivity contribution in [2.45, 2.75) is 38.9 Å². The molecule has 2 heterocycles. The molecule has 3 rings (SSSR count). The zero-order valence-corrected chi connectivity index (χ0v) is 12.1. The lowest BCUT2D eigenvalue weighted by molar-refractivity contribution is 0.00578. The molecule has 0 atom stereocenters. The van der Waals surface area contributed by atoms with E-state index in [0.29, 0.717) is 5.52 Å². The van der Waals surface area contributed by atoms with Crippen LogP contribution in [0.25, 0.3) is 11.0 Å². The summed E-state index contributed by atoms with van der Waals surface area (Å²) in [6.07, 6.45) is 1.27. The fourth-order valence-electron chi connectivity index (χ4n) is 2.18. The first-order valence-corrected chi connectivity index (χ1v) is 6.63. The molecule has 0 saturated carbocycles. The predicted molar refractivity (Wildman–Crippen MR) is 78.1 cm³/mol. The van der Waals surface area contributed by atoms with Crippen LogP contribution in [0.4, 0.5) is 0 Å². The molecule has 1 N–H and O–H groups in total. The number of hydrogen-bond acceptors (Lipinski definition) is 4. The first-order chi connectivity index (χ1) is 9.28. The van der Waals surface area contributed by atoms with E-state index in [1.165, 1.54) is 6.20 Å². The molecule has 1 aliphatic heterocycles. The Hall–Kier alpha value is -1.66. The van der Waals surface area contributed by atoms with Crippen LogP contribution in [-0.2, 0) is 9.31 Å². The number of nitrogens with zero attached hydrogens (tertiary/aromatic N) is 1. The SMILES string of the molecule is CC1(C)OB(c2ccc3[nH]c(=O)cnc3c2)OC1(C)C. The van der Waals surface area contributed by atoms with Crippen molar-refractivity contribution in [3.05, 3.63) is 34.7 Å². The van der Waals surface area contributed by atoms with Crippen molar-refractivity contribution in [1.82, 2.24) is 9.97 Å². The Bertz CT molecular complexity index is 708. The lowest BCUT2D eigenvalue weighted by Gasteiger charge is -2.32. The van der Waals surface area contributed by atoms with Gasteiger partial charge in [-0.05, 0) is 45.3 Å². The molecule has 0 radical (unpaired) electrons. The highest BCUT2D eigenvalue weighted by Crippen LogP contribution is 2.36. The van der Waals surface area contributed by atoms with Gasteiger partial charge in [0.25, 0.3) is 5.56 Å². The van der Waals surface area contributed by atoms with Gasteiger partial charge in [-0.15, -0.1) is 0 Å². The summed E-state index contributed by atoms with van der Waals surface area (Å²) in [5.41, 5.74) is 1.38. The van der Waals surface area contributed by atoms with Gasteiger partial charge >= 0.3 is 7.12 Å². The summed E-state index contributed by atoms with van der Waals surface area (Å²) in [4.78, 5) is 18.1. The van der Waals surface area contributed by atoms with Crippen LogP contribution in [0.3, 0.4) is 0 Å². The summed E-state index contributed by atoms with van der Waals surface area (Å²) in [7, 11) is -0.418. The van der Waals surface area contributed by atoms with Crippen LogP contribution in [0, 0.1) is 0 Å². The number of aromatic amines is 1. The number of benzene rings is 1.